The van der Waals surface area contributed by atoms with Crippen molar-refractivity contribution in [3.8, 4) is 0 Å². The van der Waals surface area contributed by atoms with Gasteiger partial charge < -0.3 is 30.9 Å². The van der Waals surface area contributed by atoms with Crippen molar-refractivity contribution in [2.75, 3.05) is 33.4 Å². The normalized spacial score (nSPS) is 11.7. The largest absolute Gasteiger partial charge is 0.480 e. The molecule has 9 nitrogen and oxygen atoms in total. The van der Waals surface area contributed by atoms with Gasteiger partial charge in [-0.1, -0.05) is 0 Å². The Morgan fingerprint density at radius 2 is 2.00 bits per heavy atom. The number of ether oxygens (including phenoxy) is 1. The second-order valence-corrected chi connectivity index (χ2v) is 3.77. The van der Waals surface area contributed by atoms with Crippen LogP contribution in [-0.2, 0) is 14.3 Å². The van der Waals surface area contributed by atoms with E-state index in [-0.39, 0.29) is 26.4 Å². The number of hydrogen-bond acceptors (Lipinski definition) is 5. The summed E-state index contributed by atoms with van der Waals surface area (Å²) in [4.78, 5) is 34.3. The maximum Gasteiger partial charge on any atom is 0.326 e. The zero-order valence-corrected chi connectivity index (χ0v) is 10.7. The lowest BCUT2D eigenvalue weighted by molar-refractivity contribution is -0.140. The molecule has 0 unspecified atom stereocenters. The molecule has 0 rings (SSSR count). The van der Waals surface area contributed by atoms with Gasteiger partial charge in [-0.3, -0.25) is 4.79 Å². The third kappa shape index (κ3) is 7.95. The third-order valence-electron chi connectivity index (χ3n) is 2.15. The van der Waals surface area contributed by atoms with Crippen molar-refractivity contribution in [1.29, 1.82) is 0 Å². The zero-order chi connectivity index (χ0) is 14.8. The predicted molar refractivity (Wildman–Crippen MR) is 64.3 cm³/mol. The molecule has 0 aromatic heterocycles. The number of nitrogens with zero attached hydrogens (tertiary/aromatic N) is 1. The number of nitrogens with two attached hydrogens (primary N) is 1. The minimum absolute atomic E-state index is 0.115. The Labute approximate surface area is 110 Å². The number of primary amides is 1. The Bertz CT molecular complexity index is 322. The molecule has 1 atom stereocenters. The monoisotopic (exact) mass is 277 g/mol. The molecule has 0 bridgehead atoms. The predicted octanol–water partition coefficient (Wildman–Crippen LogP) is -2.03. The first kappa shape index (κ1) is 17.1. The molecular formula is C10H19N3O6. The summed E-state index contributed by atoms with van der Waals surface area (Å²) in [6.45, 7) is 0.470. The number of aliphatic hydroxyl groups excluding tert-OH is 1. The SMILES string of the molecule is CN(CCOCCO)C(=O)N[C@@H](CC(N)=O)C(=O)O. The van der Waals surface area contributed by atoms with Crippen molar-refractivity contribution in [2.24, 2.45) is 5.73 Å². The molecule has 9 heteroatoms. The fraction of sp³-hybridized carbons (Fsp3) is 0.700. The number of carboxylic acid groups (broad SMARTS) is 1. The van der Waals surface area contributed by atoms with Crippen LogP contribution in [0.4, 0.5) is 4.79 Å². The number of nitrogens with one attached hydrogen (secondary N) is 1. The van der Waals surface area contributed by atoms with E-state index in [1.807, 2.05) is 0 Å². The molecule has 0 saturated carbocycles. The summed E-state index contributed by atoms with van der Waals surface area (Å²) in [5, 5.41) is 19.5. The highest BCUT2D eigenvalue weighted by molar-refractivity contribution is 5.87. The molecule has 19 heavy (non-hydrogen) atoms. The Balaban J connectivity index is 4.16. The fourth-order valence-corrected chi connectivity index (χ4v) is 1.13. The smallest absolute Gasteiger partial charge is 0.326 e. The maximum atomic E-state index is 11.6. The molecule has 0 aromatic carbocycles. The quantitative estimate of drug-likeness (QED) is 0.358. The summed E-state index contributed by atoms with van der Waals surface area (Å²) in [7, 11) is 1.45. The molecule has 0 saturated heterocycles. The summed E-state index contributed by atoms with van der Waals surface area (Å²) in [6, 6.07) is -2.01. The summed E-state index contributed by atoms with van der Waals surface area (Å²) in [5.41, 5.74) is 4.89. The average molecular weight is 277 g/mol. The Morgan fingerprint density at radius 1 is 1.37 bits per heavy atom. The number of likely N-dealkylation sites (N-methyl/N-ethyl adjacent to an activating group) is 1. The topological polar surface area (TPSA) is 142 Å². The highest BCUT2D eigenvalue weighted by atomic mass is 16.5. The highest BCUT2D eigenvalue weighted by Gasteiger charge is 2.23. The second kappa shape index (κ2) is 9.11. The van der Waals surface area contributed by atoms with Crippen LogP contribution in [0.5, 0.6) is 0 Å². The summed E-state index contributed by atoms with van der Waals surface area (Å²) >= 11 is 0. The van der Waals surface area contributed by atoms with E-state index >= 15 is 0 Å². The van der Waals surface area contributed by atoms with Crippen LogP contribution in [0.15, 0.2) is 0 Å². The molecule has 0 radical (unpaired) electrons. The molecule has 0 aromatic rings. The van der Waals surface area contributed by atoms with Crippen LogP contribution in [0, 0.1) is 0 Å². The minimum Gasteiger partial charge on any atom is -0.480 e. The molecule has 0 aliphatic carbocycles. The van der Waals surface area contributed by atoms with Crippen LogP contribution >= 0.6 is 0 Å². The number of carboxylic acids is 1. The highest BCUT2D eigenvalue weighted by Crippen LogP contribution is 1.94. The van der Waals surface area contributed by atoms with Gasteiger partial charge in [0.15, 0.2) is 0 Å². The number of carbonyl (C=O) groups is 3. The molecule has 3 amide bonds. The zero-order valence-electron chi connectivity index (χ0n) is 10.7. The molecule has 0 heterocycles. The lowest BCUT2D eigenvalue weighted by atomic mass is 10.2. The van der Waals surface area contributed by atoms with Crippen molar-refractivity contribution < 1.29 is 29.3 Å². The number of rotatable bonds is 9. The molecule has 5 N–H and O–H groups in total. The van der Waals surface area contributed by atoms with E-state index in [1.165, 1.54) is 11.9 Å². The van der Waals surface area contributed by atoms with Crippen LogP contribution in [0.1, 0.15) is 6.42 Å². The lowest BCUT2D eigenvalue weighted by Gasteiger charge is -2.20. The van der Waals surface area contributed by atoms with Gasteiger partial charge in [-0.2, -0.15) is 0 Å². The number of urea groups is 1. The molecular weight excluding hydrogens is 258 g/mol. The Kier molecular flexibility index (Phi) is 8.22. The Hall–Kier alpha value is -1.87. The number of amides is 3. The molecule has 110 valence electrons. The first-order valence-corrected chi connectivity index (χ1v) is 5.59. The van der Waals surface area contributed by atoms with Gasteiger partial charge in [0.05, 0.1) is 26.2 Å². The van der Waals surface area contributed by atoms with E-state index < -0.39 is 30.4 Å². The van der Waals surface area contributed by atoms with Crippen molar-refractivity contribution in [3.05, 3.63) is 0 Å². The molecule has 0 fully saturated rings. The van der Waals surface area contributed by atoms with E-state index in [0.29, 0.717) is 0 Å². The van der Waals surface area contributed by atoms with Gasteiger partial charge in [-0.25, -0.2) is 9.59 Å². The number of hydrogen-bond donors (Lipinski definition) is 4. The summed E-state index contributed by atoms with van der Waals surface area (Å²) < 4.78 is 4.96. The van der Waals surface area contributed by atoms with Gasteiger partial charge in [0.25, 0.3) is 0 Å². The standard InChI is InChI=1S/C10H19N3O6/c1-13(2-4-19-5-3-14)10(18)12-7(9(16)17)6-8(11)15/h7,14H,2-6H2,1H3,(H2,11,15)(H,12,18)(H,16,17)/t7-/m0/s1. The van der Waals surface area contributed by atoms with E-state index in [9.17, 15) is 14.4 Å². The van der Waals surface area contributed by atoms with Crippen LogP contribution in [0.2, 0.25) is 0 Å². The summed E-state index contributed by atoms with van der Waals surface area (Å²) in [6.07, 6.45) is -0.476. The number of aliphatic carboxylic acids is 1. The first-order valence-electron chi connectivity index (χ1n) is 5.59. The number of carbonyl (C=O) groups excluding carboxylic acids is 2. The van der Waals surface area contributed by atoms with Gasteiger partial charge in [0.2, 0.25) is 5.91 Å². The van der Waals surface area contributed by atoms with Crippen LogP contribution in [0.3, 0.4) is 0 Å². The third-order valence-corrected chi connectivity index (χ3v) is 2.15. The molecule has 0 aliphatic rings. The van der Waals surface area contributed by atoms with E-state index in [1.54, 1.807) is 0 Å². The van der Waals surface area contributed by atoms with Crippen molar-refractivity contribution in [2.45, 2.75) is 12.5 Å². The van der Waals surface area contributed by atoms with Gasteiger partial charge in [0.1, 0.15) is 6.04 Å². The van der Waals surface area contributed by atoms with E-state index in [0.717, 1.165) is 0 Å². The molecule has 0 spiro atoms. The summed E-state index contributed by atoms with van der Waals surface area (Å²) in [5.74, 6) is -2.15. The van der Waals surface area contributed by atoms with Crippen LogP contribution < -0.4 is 11.1 Å². The number of aliphatic hydroxyl groups is 1. The second-order valence-electron chi connectivity index (χ2n) is 3.77. The first-order chi connectivity index (χ1) is 8.88. The van der Waals surface area contributed by atoms with Crippen LogP contribution in [0.25, 0.3) is 0 Å². The van der Waals surface area contributed by atoms with Crippen molar-refractivity contribution in [3.63, 3.8) is 0 Å². The van der Waals surface area contributed by atoms with E-state index in [2.05, 4.69) is 5.32 Å². The average Bonchev–Trinajstić information content (AvgIpc) is 2.32. The van der Waals surface area contributed by atoms with Crippen LogP contribution in [-0.4, -0.2) is 72.5 Å². The fourth-order valence-electron chi connectivity index (χ4n) is 1.13. The van der Waals surface area contributed by atoms with Gasteiger partial charge in [0, 0.05) is 13.6 Å². The van der Waals surface area contributed by atoms with Crippen molar-refractivity contribution in [1.82, 2.24) is 10.2 Å². The van der Waals surface area contributed by atoms with Crippen molar-refractivity contribution >= 4 is 17.9 Å². The Morgan fingerprint density at radius 3 is 2.47 bits per heavy atom. The maximum absolute atomic E-state index is 11.6. The minimum atomic E-state index is -1.36. The van der Waals surface area contributed by atoms with Gasteiger partial charge >= 0.3 is 12.0 Å². The molecule has 0 aliphatic heterocycles. The van der Waals surface area contributed by atoms with Gasteiger partial charge in [-0.15, -0.1) is 0 Å². The van der Waals surface area contributed by atoms with Gasteiger partial charge in [-0.05, 0) is 0 Å². The lowest BCUT2D eigenvalue weighted by Crippen LogP contribution is -2.48. The van der Waals surface area contributed by atoms with E-state index in [4.69, 9.17) is 20.7 Å².